The van der Waals surface area contributed by atoms with Crippen LogP contribution in [-0.2, 0) is 9.84 Å². The van der Waals surface area contributed by atoms with Gasteiger partial charge >= 0.3 is 0 Å². The van der Waals surface area contributed by atoms with E-state index in [-0.39, 0.29) is 6.04 Å². The molecule has 1 saturated heterocycles. The lowest BCUT2D eigenvalue weighted by Gasteiger charge is -2.32. The molecule has 1 aliphatic rings. The minimum atomic E-state index is -2.76. The molecule has 0 bridgehead atoms. The predicted octanol–water partition coefficient (Wildman–Crippen LogP) is -0.285. The molecule has 1 rings (SSSR count). The SMILES string of the molecule is CCNCCN1CCS(=O)(=O)CC1C. The van der Waals surface area contributed by atoms with Gasteiger partial charge in [0, 0.05) is 25.7 Å². The van der Waals surface area contributed by atoms with Gasteiger partial charge in [0.05, 0.1) is 11.5 Å². The maximum Gasteiger partial charge on any atom is 0.153 e. The van der Waals surface area contributed by atoms with Crippen LogP contribution in [0.4, 0.5) is 0 Å². The standard InChI is InChI=1S/C9H20N2O2S/c1-3-10-4-5-11-6-7-14(12,13)8-9(11)2/h9-10H,3-8H2,1-2H3. The Morgan fingerprint density at radius 3 is 2.79 bits per heavy atom. The fourth-order valence-electron chi connectivity index (χ4n) is 1.76. The van der Waals surface area contributed by atoms with Crippen LogP contribution in [0.15, 0.2) is 0 Å². The van der Waals surface area contributed by atoms with Gasteiger partial charge in [0.1, 0.15) is 0 Å². The maximum atomic E-state index is 11.3. The first kappa shape index (κ1) is 11.9. The van der Waals surface area contributed by atoms with E-state index in [0.29, 0.717) is 18.1 Å². The van der Waals surface area contributed by atoms with Crippen LogP contribution in [0.5, 0.6) is 0 Å². The van der Waals surface area contributed by atoms with Crippen LogP contribution in [0.3, 0.4) is 0 Å². The molecule has 1 heterocycles. The summed E-state index contributed by atoms with van der Waals surface area (Å²) in [5.41, 5.74) is 0. The van der Waals surface area contributed by atoms with E-state index in [1.54, 1.807) is 0 Å². The molecule has 1 N–H and O–H groups in total. The van der Waals surface area contributed by atoms with E-state index in [2.05, 4.69) is 17.1 Å². The van der Waals surface area contributed by atoms with Crippen molar-refractivity contribution in [3.8, 4) is 0 Å². The highest BCUT2D eigenvalue weighted by molar-refractivity contribution is 7.91. The topological polar surface area (TPSA) is 49.4 Å². The molecule has 1 aliphatic heterocycles. The molecule has 5 heteroatoms. The number of likely N-dealkylation sites (N-methyl/N-ethyl adjacent to an activating group) is 1. The van der Waals surface area contributed by atoms with Crippen LogP contribution in [-0.4, -0.2) is 57.0 Å². The fourth-order valence-corrected chi connectivity index (χ4v) is 3.39. The Labute approximate surface area is 86.6 Å². The normalized spacial score (nSPS) is 27.7. The Bertz CT molecular complexity index is 264. The average Bonchev–Trinajstić information content (AvgIpc) is 2.08. The third kappa shape index (κ3) is 3.55. The first-order valence-corrected chi connectivity index (χ1v) is 7.02. The molecule has 0 aromatic rings. The van der Waals surface area contributed by atoms with Gasteiger partial charge in [-0.25, -0.2) is 8.42 Å². The third-order valence-electron chi connectivity index (χ3n) is 2.63. The second kappa shape index (κ2) is 5.09. The molecule has 84 valence electrons. The first-order chi connectivity index (χ1) is 6.55. The van der Waals surface area contributed by atoms with Crippen molar-refractivity contribution in [2.45, 2.75) is 19.9 Å². The second-order valence-electron chi connectivity index (χ2n) is 3.85. The molecule has 1 atom stereocenters. The van der Waals surface area contributed by atoms with Crippen LogP contribution in [0.25, 0.3) is 0 Å². The van der Waals surface area contributed by atoms with Gasteiger partial charge in [0.25, 0.3) is 0 Å². The molecular weight excluding hydrogens is 200 g/mol. The fraction of sp³-hybridized carbons (Fsp3) is 1.00. The molecule has 0 spiro atoms. The number of sulfone groups is 1. The highest BCUT2D eigenvalue weighted by Crippen LogP contribution is 2.10. The zero-order valence-corrected chi connectivity index (χ0v) is 9.81. The zero-order chi connectivity index (χ0) is 10.6. The van der Waals surface area contributed by atoms with E-state index in [1.807, 2.05) is 6.92 Å². The van der Waals surface area contributed by atoms with Crippen molar-refractivity contribution in [1.29, 1.82) is 0 Å². The third-order valence-corrected chi connectivity index (χ3v) is 4.43. The Hall–Kier alpha value is -0.130. The van der Waals surface area contributed by atoms with Crippen molar-refractivity contribution in [2.75, 3.05) is 37.7 Å². The molecule has 4 nitrogen and oxygen atoms in total. The van der Waals surface area contributed by atoms with Gasteiger partial charge in [0.2, 0.25) is 0 Å². The summed E-state index contributed by atoms with van der Waals surface area (Å²) in [5.74, 6) is 0.641. The summed E-state index contributed by atoms with van der Waals surface area (Å²) in [4.78, 5) is 2.24. The molecule has 14 heavy (non-hydrogen) atoms. The lowest BCUT2D eigenvalue weighted by molar-refractivity contribution is 0.227. The van der Waals surface area contributed by atoms with Crippen molar-refractivity contribution in [3.63, 3.8) is 0 Å². The van der Waals surface area contributed by atoms with Crippen LogP contribution < -0.4 is 5.32 Å². The highest BCUT2D eigenvalue weighted by atomic mass is 32.2. The summed E-state index contributed by atoms with van der Waals surface area (Å²) >= 11 is 0. The van der Waals surface area contributed by atoms with Crippen LogP contribution >= 0.6 is 0 Å². The summed E-state index contributed by atoms with van der Waals surface area (Å²) in [7, 11) is -2.76. The molecule has 1 unspecified atom stereocenters. The van der Waals surface area contributed by atoms with Gasteiger partial charge in [0.15, 0.2) is 9.84 Å². The maximum absolute atomic E-state index is 11.3. The Morgan fingerprint density at radius 2 is 2.21 bits per heavy atom. The molecule has 0 amide bonds. The molecule has 0 saturated carbocycles. The second-order valence-corrected chi connectivity index (χ2v) is 6.08. The number of nitrogens with zero attached hydrogens (tertiary/aromatic N) is 1. The van der Waals surface area contributed by atoms with Gasteiger partial charge in [-0.05, 0) is 13.5 Å². The smallest absolute Gasteiger partial charge is 0.153 e. The molecule has 0 radical (unpaired) electrons. The van der Waals surface area contributed by atoms with Crippen molar-refractivity contribution >= 4 is 9.84 Å². The molecule has 0 aromatic heterocycles. The summed E-state index contributed by atoms with van der Waals surface area (Å²) < 4.78 is 22.6. The lowest BCUT2D eigenvalue weighted by atomic mass is 10.3. The number of rotatable bonds is 4. The van der Waals surface area contributed by atoms with Gasteiger partial charge in [-0.15, -0.1) is 0 Å². The molecular formula is C9H20N2O2S. The van der Waals surface area contributed by atoms with Crippen LogP contribution in [0.1, 0.15) is 13.8 Å². The van der Waals surface area contributed by atoms with E-state index in [9.17, 15) is 8.42 Å². The predicted molar refractivity (Wildman–Crippen MR) is 58.2 cm³/mol. The monoisotopic (exact) mass is 220 g/mol. The van der Waals surface area contributed by atoms with Gasteiger partial charge < -0.3 is 5.32 Å². The summed E-state index contributed by atoms with van der Waals surface area (Å²) in [6.07, 6.45) is 0. The Kier molecular flexibility index (Phi) is 4.34. The quantitative estimate of drug-likeness (QED) is 0.662. The van der Waals surface area contributed by atoms with Crippen molar-refractivity contribution in [2.24, 2.45) is 0 Å². The van der Waals surface area contributed by atoms with Crippen molar-refractivity contribution < 1.29 is 8.42 Å². The Morgan fingerprint density at radius 1 is 1.50 bits per heavy atom. The summed E-state index contributed by atoms with van der Waals surface area (Å²) in [6, 6.07) is 0.174. The van der Waals surface area contributed by atoms with E-state index < -0.39 is 9.84 Å². The summed E-state index contributed by atoms with van der Waals surface area (Å²) in [6.45, 7) is 7.62. The molecule has 0 aromatic carbocycles. The largest absolute Gasteiger partial charge is 0.316 e. The van der Waals surface area contributed by atoms with Gasteiger partial charge in [-0.2, -0.15) is 0 Å². The summed E-state index contributed by atoms with van der Waals surface area (Å²) in [5, 5.41) is 3.25. The average molecular weight is 220 g/mol. The van der Waals surface area contributed by atoms with Crippen molar-refractivity contribution in [3.05, 3.63) is 0 Å². The molecule has 1 fully saturated rings. The lowest BCUT2D eigenvalue weighted by Crippen LogP contribution is -2.48. The first-order valence-electron chi connectivity index (χ1n) is 5.20. The number of hydrogen-bond acceptors (Lipinski definition) is 4. The van der Waals surface area contributed by atoms with E-state index in [1.165, 1.54) is 0 Å². The van der Waals surface area contributed by atoms with Crippen molar-refractivity contribution in [1.82, 2.24) is 10.2 Å². The minimum absolute atomic E-state index is 0.174. The van der Waals surface area contributed by atoms with Gasteiger partial charge in [-0.3, -0.25) is 4.90 Å². The minimum Gasteiger partial charge on any atom is -0.316 e. The van der Waals surface area contributed by atoms with Crippen LogP contribution in [0.2, 0.25) is 0 Å². The van der Waals surface area contributed by atoms with E-state index in [4.69, 9.17) is 0 Å². The van der Waals surface area contributed by atoms with Gasteiger partial charge in [-0.1, -0.05) is 6.92 Å². The van der Waals surface area contributed by atoms with Crippen LogP contribution in [0, 0.1) is 0 Å². The number of hydrogen-bond donors (Lipinski definition) is 1. The van der Waals surface area contributed by atoms with E-state index in [0.717, 1.165) is 19.6 Å². The Balaban J connectivity index is 2.35. The number of nitrogens with one attached hydrogen (secondary N) is 1. The zero-order valence-electron chi connectivity index (χ0n) is 8.99. The van der Waals surface area contributed by atoms with E-state index >= 15 is 0 Å². The molecule has 0 aliphatic carbocycles. The highest BCUT2D eigenvalue weighted by Gasteiger charge is 2.27.